The molecule has 0 saturated carbocycles. The van der Waals surface area contributed by atoms with Crippen molar-refractivity contribution < 1.29 is 8.42 Å². The number of aryl methyl sites for hydroxylation is 1. The average molecular weight is 308 g/mol. The zero-order valence-electron chi connectivity index (χ0n) is 12.0. The molecule has 0 amide bonds. The highest BCUT2D eigenvalue weighted by atomic mass is 32.2. The third kappa shape index (κ3) is 3.83. The van der Waals surface area contributed by atoms with Crippen LogP contribution in [0.25, 0.3) is 0 Å². The molecule has 2 rings (SSSR count). The van der Waals surface area contributed by atoms with Crippen molar-refractivity contribution in [2.24, 2.45) is 5.73 Å². The molecule has 0 aliphatic heterocycles. The first-order chi connectivity index (χ1) is 10.1. The Labute approximate surface area is 125 Å². The quantitative estimate of drug-likeness (QED) is 0.813. The van der Waals surface area contributed by atoms with Crippen LogP contribution in [0.5, 0.6) is 0 Å². The number of anilines is 1. The minimum absolute atomic E-state index is 0.141. The second-order valence-corrected chi connectivity index (χ2v) is 6.42. The van der Waals surface area contributed by atoms with Crippen LogP contribution in [0.3, 0.4) is 0 Å². The predicted octanol–water partition coefficient (Wildman–Crippen LogP) is 1.60. The summed E-state index contributed by atoms with van der Waals surface area (Å²) < 4.78 is 28.9. The van der Waals surface area contributed by atoms with E-state index in [0.717, 1.165) is 18.4 Å². The molecule has 0 aliphatic carbocycles. The second kappa shape index (κ2) is 6.73. The Morgan fingerprint density at radius 3 is 2.81 bits per heavy atom. The number of nitrogens with one attached hydrogen (secondary N) is 1. The van der Waals surface area contributed by atoms with Crippen molar-refractivity contribution in [3.8, 4) is 0 Å². The summed E-state index contributed by atoms with van der Waals surface area (Å²) in [6, 6.07) is 7.42. The molecule has 7 heteroatoms. The predicted molar refractivity (Wildman–Crippen MR) is 82.5 cm³/mol. The summed E-state index contributed by atoms with van der Waals surface area (Å²) in [5, 5.41) is 3.99. The van der Waals surface area contributed by atoms with Crippen LogP contribution >= 0.6 is 0 Å². The lowest BCUT2D eigenvalue weighted by atomic mass is 10.1. The summed E-state index contributed by atoms with van der Waals surface area (Å²) in [6.07, 6.45) is 4.59. The molecule has 1 heterocycles. The lowest BCUT2D eigenvalue weighted by Gasteiger charge is -2.11. The fourth-order valence-electron chi connectivity index (χ4n) is 2.05. The Balaban J connectivity index is 2.24. The Morgan fingerprint density at radius 2 is 2.10 bits per heavy atom. The fourth-order valence-corrected chi connectivity index (χ4v) is 3.10. The lowest BCUT2D eigenvalue weighted by molar-refractivity contribution is 0.599. The summed E-state index contributed by atoms with van der Waals surface area (Å²) in [5.74, 6) is 0. The number of hydrogen-bond acceptors (Lipinski definition) is 4. The van der Waals surface area contributed by atoms with E-state index in [1.54, 1.807) is 6.07 Å². The van der Waals surface area contributed by atoms with Gasteiger partial charge in [-0.15, -0.1) is 0 Å². The molecule has 21 heavy (non-hydrogen) atoms. The topological polar surface area (TPSA) is 90.0 Å². The van der Waals surface area contributed by atoms with E-state index in [4.69, 9.17) is 5.73 Å². The number of sulfonamides is 1. The zero-order chi connectivity index (χ0) is 15.3. The van der Waals surface area contributed by atoms with Crippen LogP contribution < -0.4 is 10.5 Å². The maximum Gasteiger partial charge on any atom is 0.265 e. The van der Waals surface area contributed by atoms with Gasteiger partial charge in [0.1, 0.15) is 4.90 Å². The standard InChI is InChI=1S/C14H20N4O2S/c1-2-5-12-6-3-4-7-14(12)17-21(19,20)13-10-16-18(11-13)9-8-15/h3-4,6-7,10-11,17H,2,5,8-9,15H2,1H3. The van der Waals surface area contributed by atoms with Gasteiger partial charge in [-0.1, -0.05) is 31.5 Å². The summed E-state index contributed by atoms with van der Waals surface area (Å²) in [5.41, 5.74) is 7.03. The van der Waals surface area contributed by atoms with Crippen LogP contribution in [0.2, 0.25) is 0 Å². The highest BCUT2D eigenvalue weighted by molar-refractivity contribution is 7.92. The number of nitrogens with two attached hydrogens (primary N) is 1. The largest absolute Gasteiger partial charge is 0.329 e. The van der Waals surface area contributed by atoms with Crippen molar-refractivity contribution in [3.05, 3.63) is 42.2 Å². The molecule has 0 spiro atoms. The molecule has 6 nitrogen and oxygen atoms in total. The second-order valence-electron chi connectivity index (χ2n) is 4.74. The van der Waals surface area contributed by atoms with Gasteiger partial charge in [-0.25, -0.2) is 8.42 Å². The molecule has 0 unspecified atom stereocenters. The van der Waals surface area contributed by atoms with Gasteiger partial charge in [0.15, 0.2) is 0 Å². The SMILES string of the molecule is CCCc1ccccc1NS(=O)(=O)c1cnn(CCN)c1. The van der Waals surface area contributed by atoms with Gasteiger partial charge in [0.05, 0.1) is 18.4 Å². The van der Waals surface area contributed by atoms with Gasteiger partial charge in [0.25, 0.3) is 10.0 Å². The van der Waals surface area contributed by atoms with Crippen molar-refractivity contribution in [2.45, 2.75) is 31.2 Å². The van der Waals surface area contributed by atoms with Crippen molar-refractivity contribution >= 4 is 15.7 Å². The van der Waals surface area contributed by atoms with Crippen molar-refractivity contribution in [3.63, 3.8) is 0 Å². The minimum atomic E-state index is -3.63. The molecule has 1 aromatic carbocycles. The zero-order valence-corrected chi connectivity index (χ0v) is 12.8. The number of aromatic nitrogens is 2. The van der Waals surface area contributed by atoms with E-state index in [2.05, 4.69) is 16.7 Å². The molecular weight excluding hydrogens is 288 g/mol. The van der Waals surface area contributed by atoms with Gasteiger partial charge >= 0.3 is 0 Å². The molecule has 114 valence electrons. The average Bonchev–Trinajstić information content (AvgIpc) is 2.91. The summed E-state index contributed by atoms with van der Waals surface area (Å²) in [7, 11) is -3.63. The Bertz CT molecular complexity index is 695. The first-order valence-corrected chi connectivity index (χ1v) is 8.38. The van der Waals surface area contributed by atoms with Gasteiger partial charge < -0.3 is 5.73 Å². The summed E-state index contributed by atoms with van der Waals surface area (Å²) >= 11 is 0. The Hall–Kier alpha value is -1.86. The normalized spacial score (nSPS) is 11.5. The minimum Gasteiger partial charge on any atom is -0.329 e. The molecule has 0 atom stereocenters. The van der Waals surface area contributed by atoms with Crippen molar-refractivity contribution in [1.29, 1.82) is 0 Å². The number of nitrogens with zero attached hydrogens (tertiary/aromatic N) is 2. The van der Waals surface area contributed by atoms with Crippen LogP contribution in [-0.4, -0.2) is 24.7 Å². The molecule has 0 radical (unpaired) electrons. The molecule has 0 bridgehead atoms. The van der Waals surface area contributed by atoms with Gasteiger partial charge in [0.2, 0.25) is 0 Å². The molecule has 1 aromatic heterocycles. The number of rotatable bonds is 7. The number of benzene rings is 1. The first-order valence-electron chi connectivity index (χ1n) is 6.90. The van der Waals surface area contributed by atoms with Crippen LogP contribution in [0.4, 0.5) is 5.69 Å². The van der Waals surface area contributed by atoms with Crippen molar-refractivity contribution in [1.82, 2.24) is 9.78 Å². The van der Waals surface area contributed by atoms with Gasteiger partial charge in [-0.3, -0.25) is 9.40 Å². The van der Waals surface area contributed by atoms with Crippen LogP contribution in [-0.2, 0) is 23.0 Å². The van der Waals surface area contributed by atoms with Crippen LogP contribution in [0.15, 0.2) is 41.6 Å². The maximum absolute atomic E-state index is 12.4. The number of hydrogen-bond donors (Lipinski definition) is 2. The van der Waals surface area contributed by atoms with Crippen molar-refractivity contribution in [2.75, 3.05) is 11.3 Å². The number of para-hydroxylation sites is 1. The Morgan fingerprint density at radius 1 is 1.33 bits per heavy atom. The smallest absolute Gasteiger partial charge is 0.265 e. The maximum atomic E-state index is 12.4. The monoisotopic (exact) mass is 308 g/mol. The lowest BCUT2D eigenvalue weighted by Crippen LogP contribution is -2.14. The van der Waals surface area contributed by atoms with E-state index in [1.807, 2.05) is 18.2 Å². The van der Waals surface area contributed by atoms with Crippen LogP contribution in [0, 0.1) is 0 Å². The van der Waals surface area contributed by atoms with E-state index in [9.17, 15) is 8.42 Å². The molecule has 2 aromatic rings. The van der Waals surface area contributed by atoms with Gasteiger partial charge in [-0.05, 0) is 18.1 Å². The first kappa shape index (κ1) is 15.5. The fraction of sp³-hybridized carbons (Fsp3) is 0.357. The summed E-state index contributed by atoms with van der Waals surface area (Å²) in [4.78, 5) is 0.141. The Kier molecular flexibility index (Phi) is 4.98. The molecule has 0 saturated heterocycles. The molecule has 0 aliphatic rings. The highest BCUT2D eigenvalue weighted by Crippen LogP contribution is 2.21. The van der Waals surface area contributed by atoms with E-state index in [1.165, 1.54) is 17.1 Å². The highest BCUT2D eigenvalue weighted by Gasteiger charge is 2.17. The third-order valence-electron chi connectivity index (χ3n) is 3.06. The van der Waals surface area contributed by atoms with E-state index in [-0.39, 0.29) is 4.90 Å². The molecular formula is C14H20N4O2S. The van der Waals surface area contributed by atoms with Gasteiger partial charge in [0, 0.05) is 12.7 Å². The summed E-state index contributed by atoms with van der Waals surface area (Å²) in [6.45, 7) is 2.96. The molecule has 3 N–H and O–H groups in total. The van der Waals surface area contributed by atoms with Crippen LogP contribution in [0.1, 0.15) is 18.9 Å². The molecule has 0 fully saturated rings. The van der Waals surface area contributed by atoms with E-state index in [0.29, 0.717) is 18.8 Å². The van der Waals surface area contributed by atoms with Gasteiger partial charge in [-0.2, -0.15) is 5.10 Å². The van der Waals surface area contributed by atoms with E-state index < -0.39 is 10.0 Å². The third-order valence-corrected chi connectivity index (χ3v) is 4.38. The van der Waals surface area contributed by atoms with E-state index >= 15 is 0 Å².